The molecule has 98 valence electrons. The van der Waals surface area contributed by atoms with E-state index in [1.165, 1.54) is 12.3 Å². The molecule has 0 fully saturated rings. The summed E-state index contributed by atoms with van der Waals surface area (Å²) in [7, 11) is 0. The number of carbonyl (C=O) groups excluding carboxylic acids is 1. The molecule has 0 aliphatic carbocycles. The van der Waals surface area contributed by atoms with E-state index in [0.29, 0.717) is 12.1 Å². The molecule has 2 rings (SSSR count). The lowest BCUT2D eigenvalue weighted by Crippen LogP contribution is -2.07. The predicted octanol–water partition coefficient (Wildman–Crippen LogP) is 2.55. The van der Waals surface area contributed by atoms with Gasteiger partial charge in [-0.3, -0.25) is 4.98 Å². The molecule has 0 spiro atoms. The normalized spacial score (nSPS) is 10.2. The molecule has 4 heteroatoms. The summed E-state index contributed by atoms with van der Waals surface area (Å²) in [6.07, 6.45) is 1.98. The van der Waals surface area contributed by atoms with Gasteiger partial charge in [0.25, 0.3) is 0 Å². The molecule has 0 aliphatic rings. The number of benzene rings is 1. The van der Waals surface area contributed by atoms with E-state index < -0.39 is 5.97 Å². The second-order valence-corrected chi connectivity index (χ2v) is 4.04. The van der Waals surface area contributed by atoms with Gasteiger partial charge in [-0.05, 0) is 18.6 Å². The van der Waals surface area contributed by atoms with Crippen LogP contribution in [0.5, 0.6) is 5.75 Å². The number of aromatic hydroxyl groups is 1. The van der Waals surface area contributed by atoms with Gasteiger partial charge in [0.1, 0.15) is 5.56 Å². The monoisotopic (exact) mass is 257 g/mol. The van der Waals surface area contributed by atoms with E-state index in [2.05, 4.69) is 4.98 Å². The largest absolute Gasteiger partial charge is 0.505 e. The van der Waals surface area contributed by atoms with Gasteiger partial charge >= 0.3 is 5.97 Å². The molecule has 0 amide bonds. The maximum absolute atomic E-state index is 11.7. The molecule has 1 aromatic carbocycles. The van der Waals surface area contributed by atoms with Crippen LogP contribution in [-0.4, -0.2) is 22.7 Å². The zero-order valence-corrected chi connectivity index (χ0v) is 10.7. The van der Waals surface area contributed by atoms with Crippen molar-refractivity contribution in [2.24, 2.45) is 0 Å². The van der Waals surface area contributed by atoms with Gasteiger partial charge < -0.3 is 9.84 Å². The Bertz CT molecular complexity index is 567. The van der Waals surface area contributed by atoms with Crippen LogP contribution in [0.2, 0.25) is 0 Å². The fourth-order valence-electron chi connectivity index (χ4n) is 1.79. The SMILES string of the molecule is CCOC(=O)c1ccnc(Cc2ccccc2)c1O. The highest BCUT2D eigenvalue weighted by molar-refractivity contribution is 5.92. The number of ether oxygens (including phenoxy) is 1. The summed E-state index contributed by atoms with van der Waals surface area (Å²) in [5, 5.41) is 10.1. The Kier molecular flexibility index (Phi) is 4.13. The van der Waals surface area contributed by atoms with Gasteiger partial charge in [0.05, 0.1) is 12.3 Å². The Morgan fingerprint density at radius 3 is 2.68 bits per heavy atom. The van der Waals surface area contributed by atoms with Crippen LogP contribution < -0.4 is 0 Å². The van der Waals surface area contributed by atoms with Crippen molar-refractivity contribution in [2.75, 3.05) is 6.61 Å². The van der Waals surface area contributed by atoms with Gasteiger partial charge in [-0.25, -0.2) is 4.79 Å². The van der Waals surface area contributed by atoms with Gasteiger partial charge in [-0.15, -0.1) is 0 Å². The lowest BCUT2D eigenvalue weighted by molar-refractivity contribution is 0.0522. The van der Waals surface area contributed by atoms with Gasteiger partial charge in [-0.2, -0.15) is 0 Å². The Balaban J connectivity index is 2.27. The second-order valence-electron chi connectivity index (χ2n) is 4.04. The lowest BCUT2D eigenvalue weighted by atomic mass is 10.1. The molecular weight excluding hydrogens is 242 g/mol. The van der Waals surface area contributed by atoms with Crippen molar-refractivity contribution in [2.45, 2.75) is 13.3 Å². The third-order valence-corrected chi connectivity index (χ3v) is 2.71. The van der Waals surface area contributed by atoms with Crippen LogP contribution in [0.1, 0.15) is 28.5 Å². The molecule has 0 aliphatic heterocycles. The number of nitrogens with zero attached hydrogens (tertiary/aromatic N) is 1. The topological polar surface area (TPSA) is 59.4 Å². The Morgan fingerprint density at radius 2 is 2.00 bits per heavy atom. The van der Waals surface area contributed by atoms with Crippen molar-refractivity contribution in [3.8, 4) is 5.75 Å². The molecule has 0 saturated carbocycles. The van der Waals surface area contributed by atoms with Crippen molar-refractivity contribution in [3.05, 3.63) is 59.4 Å². The minimum atomic E-state index is -0.531. The first-order chi connectivity index (χ1) is 9.22. The number of carbonyl (C=O) groups is 1. The summed E-state index contributed by atoms with van der Waals surface area (Å²) in [5.74, 6) is -0.637. The van der Waals surface area contributed by atoms with Crippen molar-refractivity contribution in [1.82, 2.24) is 4.98 Å². The fourth-order valence-corrected chi connectivity index (χ4v) is 1.79. The Labute approximate surface area is 111 Å². The molecular formula is C15H15NO3. The molecule has 1 heterocycles. The van der Waals surface area contributed by atoms with Gasteiger partial charge in [0, 0.05) is 12.6 Å². The fraction of sp³-hybridized carbons (Fsp3) is 0.200. The van der Waals surface area contributed by atoms with Crippen LogP contribution in [0.25, 0.3) is 0 Å². The first-order valence-corrected chi connectivity index (χ1v) is 6.10. The minimum absolute atomic E-state index is 0.107. The third-order valence-electron chi connectivity index (χ3n) is 2.71. The van der Waals surface area contributed by atoms with Crippen molar-refractivity contribution in [3.63, 3.8) is 0 Å². The zero-order valence-electron chi connectivity index (χ0n) is 10.7. The Morgan fingerprint density at radius 1 is 1.26 bits per heavy atom. The minimum Gasteiger partial charge on any atom is -0.505 e. The van der Waals surface area contributed by atoms with E-state index in [1.54, 1.807) is 6.92 Å². The molecule has 0 saturated heterocycles. The standard InChI is InChI=1S/C15H15NO3/c1-2-19-15(18)12-8-9-16-13(14(12)17)10-11-6-4-3-5-7-11/h3-9,17H,2,10H2,1H3. The number of hydrogen-bond acceptors (Lipinski definition) is 4. The number of hydrogen-bond donors (Lipinski definition) is 1. The number of rotatable bonds is 4. The molecule has 0 radical (unpaired) electrons. The summed E-state index contributed by atoms with van der Waals surface area (Å²) in [6, 6.07) is 11.1. The quantitative estimate of drug-likeness (QED) is 0.855. The molecule has 0 atom stereocenters. The van der Waals surface area contributed by atoms with Crippen molar-refractivity contribution in [1.29, 1.82) is 0 Å². The summed E-state index contributed by atoms with van der Waals surface area (Å²) in [4.78, 5) is 15.8. The lowest BCUT2D eigenvalue weighted by Gasteiger charge is -2.08. The van der Waals surface area contributed by atoms with Crippen LogP contribution >= 0.6 is 0 Å². The van der Waals surface area contributed by atoms with E-state index in [4.69, 9.17) is 4.74 Å². The number of pyridine rings is 1. The highest BCUT2D eigenvalue weighted by Crippen LogP contribution is 2.23. The van der Waals surface area contributed by atoms with E-state index in [-0.39, 0.29) is 17.9 Å². The summed E-state index contributed by atoms with van der Waals surface area (Å²) in [5.41, 5.74) is 1.64. The number of aromatic nitrogens is 1. The second kappa shape index (κ2) is 6.00. The first kappa shape index (κ1) is 13.1. The highest BCUT2D eigenvalue weighted by Gasteiger charge is 2.16. The molecule has 0 unspecified atom stereocenters. The van der Waals surface area contributed by atoms with Crippen LogP contribution in [0.3, 0.4) is 0 Å². The molecule has 1 N–H and O–H groups in total. The smallest absolute Gasteiger partial charge is 0.342 e. The summed E-state index contributed by atoms with van der Waals surface area (Å²) in [6.45, 7) is 2.00. The Hall–Kier alpha value is -2.36. The predicted molar refractivity (Wildman–Crippen MR) is 71.1 cm³/mol. The summed E-state index contributed by atoms with van der Waals surface area (Å²) < 4.78 is 4.89. The highest BCUT2D eigenvalue weighted by atomic mass is 16.5. The molecule has 1 aromatic heterocycles. The average Bonchev–Trinajstić information content (AvgIpc) is 2.42. The molecule has 4 nitrogen and oxygen atoms in total. The van der Waals surface area contributed by atoms with Gasteiger partial charge in [0.2, 0.25) is 0 Å². The first-order valence-electron chi connectivity index (χ1n) is 6.10. The third kappa shape index (κ3) is 3.10. The summed E-state index contributed by atoms with van der Waals surface area (Å²) >= 11 is 0. The van der Waals surface area contributed by atoms with E-state index in [0.717, 1.165) is 5.56 Å². The van der Waals surface area contributed by atoms with Crippen LogP contribution in [0.15, 0.2) is 42.6 Å². The van der Waals surface area contributed by atoms with Gasteiger partial charge in [-0.1, -0.05) is 30.3 Å². The molecule has 0 bridgehead atoms. The van der Waals surface area contributed by atoms with E-state index >= 15 is 0 Å². The van der Waals surface area contributed by atoms with E-state index in [1.807, 2.05) is 30.3 Å². The van der Waals surface area contributed by atoms with Crippen LogP contribution in [-0.2, 0) is 11.2 Å². The zero-order chi connectivity index (χ0) is 13.7. The maximum atomic E-state index is 11.7. The molecule has 2 aromatic rings. The van der Waals surface area contributed by atoms with Crippen molar-refractivity contribution < 1.29 is 14.6 Å². The molecule has 19 heavy (non-hydrogen) atoms. The van der Waals surface area contributed by atoms with Crippen LogP contribution in [0, 0.1) is 0 Å². The van der Waals surface area contributed by atoms with Crippen LogP contribution in [0.4, 0.5) is 0 Å². The average molecular weight is 257 g/mol. The maximum Gasteiger partial charge on any atom is 0.342 e. The number of esters is 1. The van der Waals surface area contributed by atoms with Gasteiger partial charge in [0.15, 0.2) is 5.75 Å². The van der Waals surface area contributed by atoms with Crippen molar-refractivity contribution >= 4 is 5.97 Å². The van der Waals surface area contributed by atoms with E-state index in [9.17, 15) is 9.90 Å².